The Bertz CT molecular complexity index is 1010. The SMILES string of the molecule is C[C@H](O)[C@H](NC(=O)c1ccc(C=CC#Cc2ccc(CNC3CC3)cc2)cc1)C(=O)NO. The highest BCUT2D eigenvalue weighted by Gasteiger charge is 2.25. The van der Waals surface area contributed by atoms with Gasteiger partial charge in [0.2, 0.25) is 0 Å². The molecular formula is C25H27N3O4. The lowest BCUT2D eigenvalue weighted by Crippen LogP contribution is -2.51. The Morgan fingerprint density at radius 1 is 1.12 bits per heavy atom. The van der Waals surface area contributed by atoms with Crippen molar-refractivity contribution in [2.75, 3.05) is 0 Å². The van der Waals surface area contributed by atoms with E-state index in [1.807, 2.05) is 18.2 Å². The van der Waals surface area contributed by atoms with Gasteiger partial charge in [-0.15, -0.1) is 0 Å². The Balaban J connectivity index is 1.53. The van der Waals surface area contributed by atoms with Gasteiger partial charge in [-0.2, -0.15) is 0 Å². The van der Waals surface area contributed by atoms with Crippen LogP contribution >= 0.6 is 0 Å². The van der Waals surface area contributed by atoms with E-state index in [0.29, 0.717) is 11.6 Å². The van der Waals surface area contributed by atoms with Crippen molar-refractivity contribution in [2.24, 2.45) is 0 Å². The number of hydrogen-bond donors (Lipinski definition) is 5. The molecule has 7 heteroatoms. The molecule has 0 aromatic heterocycles. The molecule has 2 aromatic carbocycles. The van der Waals surface area contributed by atoms with Crippen LogP contribution in [-0.4, -0.2) is 40.3 Å². The van der Waals surface area contributed by atoms with Crippen molar-refractivity contribution in [1.29, 1.82) is 0 Å². The minimum atomic E-state index is -1.26. The minimum Gasteiger partial charge on any atom is -0.391 e. The van der Waals surface area contributed by atoms with Gasteiger partial charge >= 0.3 is 0 Å². The number of aliphatic hydroxyl groups is 1. The third kappa shape index (κ3) is 7.06. The summed E-state index contributed by atoms with van der Waals surface area (Å²) in [4.78, 5) is 23.8. The van der Waals surface area contributed by atoms with Crippen LogP contribution in [0.25, 0.3) is 6.08 Å². The highest BCUT2D eigenvalue weighted by molar-refractivity contribution is 5.97. The van der Waals surface area contributed by atoms with Crippen LogP contribution in [-0.2, 0) is 11.3 Å². The van der Waals surface area contributed by atoms with Crippen molar-refractivity contribution in [2.45, 2.75) is 44.5 Å². The van der Waals surface area contributed by atoms with Crippen LogP contribution in [0.15, 0.2) is 54.6 Å². The van der Waals surface area contributed by atoms with Gasteiger partial charge in [0.1, 0.15) is 6.04 Å². The van der Waals surface area contributed by atoms with Gasteiger partial charge in [-0.25, -0.2) is 5.48 Å². The Hall–Kier alpha value is -3.44. The van der Waals surface area contributed by atoms with Crippen LogP contribution in [0.4, 0.5) is 0 Å². The van der Waals surface area contributed by atoms with Gasteiger partial charge in [-0.05, 0) is 67.3 Å². The molecular weight excluding hydrogens is 406 g/mol. The van der Waals surface area contributed by atoms with E-state index in [2.05, 4.69) is 34.6 Å². The van der Waals surface area contributed by atoms with E-state index in [1.165, 1.54) is 30.8 Å². The maximum Gasteiger partial charge on any atom is 0.268 e. The van der Waals surface area contributed by atoms with Crippen LogP contribution < -0.4 is 16.1 Å². The minimum absolute atomic E-state index is 0.320. The first-order valence-electron chi connectivity index (χ1n) is 10.5. The van der Waals surface area contributed by atoms with Gasteiger partial charge in [0.25, 0.3) is 11.8 Å². The topological polar surface area (TPSA) is 111 Å². The van der Waals surface area contributed by atoms with Crippen LogP contribution in [0.5, 0.6) is 0 Å². The molecule has 2 atom stereocenters. The van der Waals surface area contributed by atoms with Crippen molar-refractivity contribution in [3.05, 3.63) is 76.9 Å². The Morgan fingerprint density at radius 2 is 1.81 bits per heavy atom. The summed E-state index contributed by atoms with van der Waals surface area (Å²) < 4.78 is 0. The van der Waals surface area contributed by atoms with E-state index in [-0.39, 0.29) is 0 Å². The Kier molecular flexibility index (Phi) is 8.17. The van der Waals surface area contributed by atoms with Gasteiger partial charge in [-0.3, -0.25) is 14.8 Å². The number of hydrogen-bond acceptors (Lipinski definition) is 5. The van der Waals surface area contributed by atoms with E-state index in [1.54, 1.807) is 30.3 Å². The quantitative estimate of drug-likeness (QED) is 0.248. The second-order valence-electron chi connectivity index (χ2n) is 7.74. The van der Waals surface area contributed by atoms with E-state index in [9.17, 15) is 14.7 Å². The third-order valence-electron chi connectivity index (χ3n) is 5.04. The third-order valence-corrected chi connectivity index (χ3v) is 5.04. The highest BCUT2D eigenvalue weighted by atomic mass is 16.5. The summed E-state index contributed by atoms with van der Waals surface area (Å²) in [6.07, 6.45) is 4.96. The van der Waals surface area contributed by atoms with Crippen LogP contribution in [0, 0.1) is 11.8 Å². The molecule has 2 aromatic rings. The van der Waals surface area contributed by atoms with Gasteiger partial charge < -0.3 is 15.7 Å². The Labute approximate surface area is 187 Å². The summed E-state index contributed by atoms with van der Waals surface area (Å²) in [7, 11) is 0. The number of nitrogens with one attached hydrogen (secondary N) is 3. The fourth-order valence-corrected chi connectivity index (χ4v) is 2.96. The molecule has 3 rings (SSSR count). The molecule has 1 aliphatic rings. The number of carbonyl (C=O) groups is 2. The molecule has 7 nitrogen and oxygen atoms in total. The predicted octanol–water partition coefficient (Wildman–Crippen LogP) is 1.99. The molecule has 0 spiro atoms. The first kappa shape index (κ1) is 23.2. The number of benzene rings is 2. The molecule has 166 valence electrons. The molecule has 1 saturated carbocycles. The standard InChI is InChI=1S/C25H27N3O4/c1-17(29)23(25(31)28-32)27-24(30)21-12-10-19(11-13-21)5-3-2-4-18-6-8-20(9-7-18)16-26-22-14-15-22/h3,5-13,17,22-23,26,29,32H,14-16H2,1H3,(H,27,30)(H,28,31)/t17-,23-/m0/s1. The Morgan fingerprint density at radius 3 is 2.41 bits per heavy atom. The van der Waals surface area contributed by atoms with Gasteiger partial charge in [-0.1, -0.05) is 36.1 Å². The highest BCUT2D eigenvalue weighted by Crippen LogP contribution is 2.19. The van der Waals surface area contributed by atoms with Crippen molar-refractivity contribution in [3.63, 3.8) is 0 Å². The number of rotatable bonds is 8. The summed E-state index contributed by atoms with van der Waals surface area (Å²) in [5.74, 6) is 4.67. The van der Waals surface area contributed by atoms with Crippen LogP contribution in [0.3, 0.4) is 0 Å². The predicted molar refractivity (Wildman–Crippen MR) is 122 cm³/mol. The molecule has 1 fully saturated rings. The number of carbonyl (C=O) groups excluding carboxylic acids is 2. The summed E-state index contributed by atoms with van der Waals surface area (Å²) >= 11 is 0. The molecule has 2 amide bonds. The smallest absolute Gasteiger partial charge is 0.268 e. The summed E-state index contributed by atoms with van der Waals surface area (Å²) in [5, 5.41) is 24.2. The molecule has 0 radical (unpaired) electrons. The molecule has 0 heterocycles. The number of amides is 2. The molecule has 5 N–H and O–H groups in total. The second-order valence-corrected chi connectivity index (χ2v) is 7.74. The molecule has 0 saturated heterocycles. The number of allylic oxidation sites excluding steroid dienone is 1. The van der Waals surface area contributed by atoms with Gasteiger partial charge in [0.05, 0.1) is 6.10 Å². The lowest BCUT2D eigenvalue weighted by Gasteiger charge is -2.19. The zero-order valence-corrected chi connectivity index (χ0v) is 17.8. The van der Waals surface area contributed by atoms with E-state index < -0.39 is 24.0 Å². The largest absolute Gasteiger partial charge is 0.391 e. The van der Waals surface area contributed by atoms with Gasteiger partial charge in [0, 0.05) is 23.7 Å². The monoisotopic (exact) mass is 433 g/mol. The molecule has 32 heavy (non-hydrogen) atoms. The molecule has 0 bridgehead atoms. The number of hydroxylamine groups is 1. The lowest BCUT2D eigenvalue weighted by atomic mass is 10.1. The maximum atomic E-state index is 12.3. The number of aliphatic hydroxyl groups excluding tert-OH is 1. The average molecular weight is 434 g/mol. The first-order chi connectivity index (χ1) is 15.5. The zero-order chi connectivity index (χ0) is 22.9. The zero-order valence-electron chi connectivity index (χ0n) is 17.8. The van der Waals surface area contributed by atoms with E-state index in [0.717, 1.165) is 17.7 Å². The summed E-state index contributed by atoms with van der Waals surface area (Å²) in [6, 6.07) is 14.3. The first-order valence-corrected chi connectivity index (χ1v) is 10.5. The normalized spacial score (nSPS) is 14.8. The van der Waals surface area contributed by atoms with Crippen molar-refractivity contribution < 1.29 is 19.9 Å². The summed E-state index contributed by atoms with van der Waals surface area (Å²) in [5.41, 5.74) is 4.80. The lowest BCUT2D eigenvalue weighted by molar-refractivity contribution is -0.133. The fraction of sp³-hybridized carbons (Fsp3) is 0.280. The average Bonchev–Trinajstić information content (AvgIpc) is 3.64. The summed E-state index contributed by atoms with van der Waals surface area (Å²) in [6.45, 7) is 2.23. The van der Waals surface area contributed by atoms with E-state index >= 15 is 0 Å². The van der Waals surface area contributed by atoms with Crippen LogP contribution in [0.1, 0.15) is 46.8 Å². The van der Waals surface area contributed by atoms with Crippen LogP contribution in [0.2, 0.25) is 0 Å². The second kappa shape index (κ2) is 11.3. The maximum absolute atomic E-state index is 12.3. The fourth-order valence-electron chi connectivity index (χ4n) is 2.96. The van der Waals surface area contributed by atoms with Crippen molar-refractivity contribution in [1.82, 2.24) is 16.1 Å². The van der Waals surface area contributed by atoms with Gasteiger partial charge in [0.15, 0.2) is 0 Å². The van der Waals surface area contributed by atoms with Crippen molar-refractivity contribution >= 4 is 17.9 Å². The molecule has 1 aliphatic carbocycles. The van der Waals surface area contributed by atoms with Crippen molar-refractivity contribution in [3.8, 4) is 11.8 Å². The molecule has 0 aliphatic heterocycles. The molecule has 0 unspecified atom stereocenters. The van der Waals surface area contributed by atoms with E-state index in [4.69, 9.17) is 5.21 Å².